The van der Waals surface area contributed by atoms with Crippen LogP contribution in [0, 0.1) is 0 Å². The van der Waals surface area contributed by atoms with E-state index in [2.05, 4.69) is 15.0 Å². The Balaban J connectivity index is 1.58. The van der Waals surface area contributed by atoms with Gasteiger partial charge in [-0.05, 0) is 54.1 Å². The lowest BCUT2D eigenvalue weighted by atomic mass is 9.82. The van der Waals surface area contributed by atoms with Crippen LogP contribution in [0.15, 0.2) is 91.8 Å². The monoisotopic (exact) mass is 497 g/mol. The summed E-state index contributed by atoms with van der Waals surface area (Å²) in [5.41, 5.74) is 2.65. The Morgan fingerprint density at radius 3 is 1.63 bits per heavy atom. The van der Waals surface area contributed by atoms with Gasteiger partial charge < -0.3 is 0 Å². The van der Waals surface area contributed by atoms with Gasteiger partial charge in [-0.25, -0.2) is 9.80 Å². The van der Waals surface area contributed by atoms with E-state index < -0.39 is 23.6 Å². The summed E-state index contributed by atoms with van der Waals surface area (Å²) in [6, 6.07) is 14.5. The van der Waals surface area contributed by atoms with Crippen LogP contribution < -0.4 is 9.80 Å². The van der Waals surface area contributed by atoms with Crippen molar-refractivity contribution >= 4 is 45.8 Å². The molecule has 2 aliphatic rings. The first kappa shape index (κ1) is 21.7. The summed E-state index contributed by atoms with van der Waals surface area (Å²) >= 11 is 0. The van der Waals surface area contributed by atoms with Crippen LogP contribution >= 0.6 is 0 Å². The first-order chi connectivity index (χ1) is 18.6. The minimum Gasteiger partial charge on any atom is -0.268 e. The van der Waals surface area contributed by atoms with E-state index in [0.29, 0.717) is 27.9 Å². The zero-order chi connectivity index (χ0) is 26.0. The van der Waals surface area contributed by atoms with Crippen LogP contribution in [-0.2, 0) is 0 Å². The third kappa shape index (κ3) is 2.89. The molecule has 0 unspecified atom stereocenters. The van der Waals surface area contributed by atoms with E-state index in [1.54, 1.807) is 60.9 Å². The second-order valence-electron chi connectivity index (χ2n) is 8.80. The van der Waals surface area contributed by atoms with Crippen molar-refractivity contribution in [3.8, 4) is 11.1 Å². The van der Waals surface area contributed by atoms with Gasteiger partial charge in [0, 0.05) is 70.2 Å². The summed E-state index contributed by atoms with van der Waals surface area (Å²) < 4.78 is 0. The molecule has 38 heavy (non-hydrogen) atoms. The van der Waals surface area contributed by atoms with Crippen molar-refractivity contribution in [2.45, 2.75) is 0 Å². The van der Waals surface area contributed by atoms with Crippen LogP contribution in [0.1, 0.15) is 41.4 Å². The van der Waals surface area contributed by atoms with Gasteiger partial charge in [0.2, 0.25) is 0 Å². The van der Waals surface area contributed by atoms with E-state index in [9.17, 15) is 19.2 Å². The van der Waals surface area contributed by atoms with Gasteiger partial charge in [-0.15, -0.1) is 0 Å². The molecule has 0 radical (unpaired) electrons. The molecular formula is C29H15N5O4. The third-order valence-electron chi connectivity index (χ3n) is 6.81. The Morgan fingerprint density at radius 2 is 1.05 bits per heavy atom. The summed E-state index contributed by atoms with van der Waals surface area (Å²) in [5, 5.41) is 0.580. The Labute approximate surface area is 215 Å². The quantitative estimate of drug-likeness (QED) is 0.342. The fraction of sp³-hybridized carbons (Fsp3) is 0. The van der Waals surface area contributed by atoms with Gasteiger partial charge in [-0.3, -0.25) is 34.1 Å². The maximum Gasteiger partial charge on any atom is 0.266 e. The maximum atomic E-state index is 14.1. The van der Waals surface area contributed by atoms with Crippen LogP contribution in [0.4, 0.5) is 11.4 Å². The molecule has 0 N–H and O–H groups in total. The molecule has 3 aromatic heterocycles. The van der Waals surface area contributed by atoms with Crippen LogP contribution in [-0.4, -0.2) is 38.6 Å². The molecule has 2 aromatic carbocycles. The predicted octanol–water partition coefficient (Wildman–Crippen LogP) is 4.29. The van der Waals surface area contributed by atoms with Crippen molar-refractivity contribution in [1.29, 1.82) is 0 Å². The second-order valence-corrected chi connectivity index (χ2v) is 8.80. The standard InChI is InChI=1S/C29H15N5O4/c35-26-19-3-4-20-24-23(19)22(28(37)33(26)17-5-10-30-11-6-17)14-21(16-2-1-9-32-15-16)25(24)29(38)34(27(20)36)18-7-12-31-13-8-18/h1-15H. The number of anilines is 2. The Hall–Kier alpha value is -5.57. The molecule has 7 rings (SSSR count). The fourth-order valence-electron chi connectivity index (χ4n) is 5.18. The van der Waals surface area contributed by atoms with Crippen molar-refractivity contribution in [1.82, 2.24) is 15.0 Å². The smallest absolute Gasteiger partial charge is 0.266 e. The first-order valence-electron chi connectivity index (χ1n) is 11.7. The molecule has 4 amide bonds. The maximum absolute atomic E-state index is 14.1. The summed E-state index contributed by atoms with van der Waals surface area (Å²) in [6.45, 7) is 0. The lowest BCUT2D eigenvalue weighted by Gasteiger charge is -2.33. The summed E-state index contributed by atoms with van der Waals surface area (Å²) in [6.07, 6.45) is 9.19. The van der Waals surface area contributed by atoms with E-state index >= 15 is 0 Å². The van der Waals surface area contributed by atoms with Crippen LogP contribution in [0.2, 0.25) is 0 Å². The van der Waals surface area contributed by atoms with Gasteiger partial charge >= 0.3 is 0 Å². The molecule has 9 heteroatoms. The molecule has 2 aliphatic heterocycles. The zero-order valence-electron chi connectivity index (χ0n) is 19.5. The van der Waals surface area contributed by atoms with E-state index in [-0.39, 0.29) is 27.6 Å². The van der Waals surface area contributed by atoms with Gasteiger partial charge in [-0.1, -0.05) is 6.07 Å². The number of carbonyl (C=O) groups excluding carboxylic acids is 4. The molecule has 5 aromatic rings. The normalized spacial score (nSPS) is 14.4. The largest absolute Gasteiger partial charge is 0.268 e. The highest BCUT2D eigenvalue weighted by atomic mass is 16.2. The van der Waals surface area contributed by atoms with Crippen LogP contribution in [0.25, 0.3) is 21.9 Å². The number of benzene rings is 2. The van der Waals surface area contributed by atoms with Crippen LogP contribution in [0.3, 0.4) is 0 Å². The van der Waals surface area contributed by atoms with Gasteiger partial charge in [0.05, 0.1) is 16.9 Å². The summed E-state index contributed by atoms with van der Waals surface area (Å²) in [7, 11) is 0. The number of hydrogen-bond acceptors (Lipinski definition) is 7. The van der Waals surface area contributed by atoms with Crippen molar-refractivity contribution in [3.05, 3.63) is 114 Å². The van der Waals surface area contributed by atoms with Gasteiger partial charge in [-0.2, -0.15) is 0 Å². The number of rotatable bonds is 3. The fourth-order valence-corrected chi connectivity index (χ4v) is 5.18. The van der Waals surface area contributed by atoms with Gasteiger partial charge in [0.25, 0.3) is 23.6 Å². The van der Waals surface area contributed by atoms with Gasteiger partial charge in [0.15, 0.2) is 0 Å². The molecule has 5 heterocycles. The van der Waals surface area contributed by atoms with Gasteiger partial charge in [0.1, 0.15) is 0 Å². The molecule has 0 fully saturated rings. The minimum atomic E-state index is -0.562. The number of amides is 4. The summed E-state index contributed by atoms with van der Waals surface area (Å²) in [4.78, 5) is 69.6. The Morgan fingerprint density at radius 1 is 0.500 bits per heavy atom. The topological polar surface area (TPSA) is 113 Å². The van der Waals surface area contributed by atoms with E-state index in [1.807, 2.05) is 0 Å². The zero-order valence-corrected chi connectivity index (χ0v) is 19.5. The average Bonchev–Trinajstić information content (AvgIpc) is 2.96. The number of imide groups is 2. The van der Waals surface area contributed by atoms with E-state index in [4.69, 9.17) is 0 Å². The van der Waals surface area contributed by atoms with E-state index in [1.165, 1.54) is 30.9 Å². The Kier molecular flexibility index (Phi) is 4.55. The molecule has 0 saturated carbocycles. The van der Waals surface area contributed by atoms with Crippen molar-refractivity contribution in [2.75, 3.05) is 9.80 Å². The SMILES string of the molecule is O=C1c2ccc3c4c(c(-c5cccnc5)cc(c24)C(=O)N1c1ccncc1)C(=O)N(c1ccncc1)C3=O. The highest BCUT2D eigenvalue weighted by Gasteiger charge is 2.42. The predicted molar refractivity (Wildman–Crippen MR) is 138 cm³/mol. The molecule has 0 saturated heterocycles. The minimum absolute atomic E-state index is 0.217. The number of carbonyl (C=O) groups is 4. The first-order valence-corrected chi connectivity index (χ1v) is 11.7. The number of nitrogens with zero attached hydrogens (tertiary/aromatic N) is 5. The number of aromatic nitrogens is 3. The van der Waals surface area contributed by atoms with Crippen LogP contribution in [0.5, 0.6) is 0 Å². The average molecular weight is 497 g/mol. The molecule has 0 aliphatic carbocycles. The summed E-state index contributed by atoms with van der Waals surface area (Å²) in [5.74, 6) is -2.21. The number of pyridine rings is 3. The van der Waals surface area contributed by atoms with E-state index in [0.717, 1.165) is 9.80 Å². The Bertz CT molecular complexity index is 1840. The van der Waals surface area contributed by atoms with Crippen molar-refractivity contribution < 1.29 is 19.2 Å². The molecule has 0 bridgehead atoms. The molecule has 180 valence electrons. The highest BCUT2D eigenvalue weighted by molar-refractivity contribution is 6.43. The van der Waals surface area contributed by atoms with Crippen molar-refractivity contribution in [2.24, 2.45) is 0 Å². The molecular weight excluding hydrogens is 482 g/mol. The lowest BCUT2D eigenvalue weighted by molar-refractivity contribution is 0.0873. The molecule has 9 nitrogen and oxygen atoms in total. The molecule has 0 spiro atoms. The second kappa shape index (κ2) is 7.97. The third-order valence-corrected chi connectivity index (χ3v) is 6.81. The highest BCUT2D eigenvalue weighted by Crippen LogP contribution is 2.44. The van der Waals surface area contributed by atoms with Crippen molar-refractivity contribution in [3.63, 3.8) is 0 Å². The molecule has 0 atom stereocenters. The number of hydrogen-bond donors (Lipinski definition) is 0. The lowest BCUT2D eigenvalue weighted by Crippen LogP contribution is -2.43.